The fraction of sp³-hybridized carbons (Fsp3) is 0.600. The molecule has 19 heavy (non-hydrogen) atoms. The molecule has 0 aromatic heterocycles. The molecule has 0 radical (unpaired) electrons. The zero-order valence-electron chi connectivity index (χ0n) is 11.4. The van der Waals surface area contributed by atoms with Crippen molar-refractivity contribution in [1.29, 1.82) is 0 Å². The Morgan fingerprint density at radius 1 is 1.42 bits per heavy atom. The number of benzene rings is 1. The van der Waals surface area contributed by atoms with E-state index in [1.54, 1.807) is 0 Å². The highest BCUT2D eigenvalue weighted by atomic mass is 35.5. The quantitative estimate of drug-likeness (QED) is 0.844. The van der Waals surface area contributed by atoms with E-state index in [-0.39, 0.29) is 12.1 Å². The standard InChI is InChI=1S/C15H22ClNOS/c1-2-17-15(11-18)8-7-14(9-15)19-10-12-3-5-13(16)6-4-12/h3-6,14,17-18H,2,7-11H2,1H3. The van der Waals surface area contributed by atoms with Crippen LogP contribution in [0.4, 0.5) is 0 Å². The molecule has 4 heteroatoms. The molecule has 1 aliphatic carbocycles. The van der Waals surface area contributed by atoms with Gasteiger partial charge in [0.05, 0.1) is 6.61 Å². The average Bonchev–Trinajstić information content (AvgIpc) is 2.83. The predicted octanol–water partition coefficient (Wildman–Crippen LogP) is 3.47. The lowest BCUT2D eigenvalue weighted by molar-refractivity contribution is 0.167. The van der Waals surface area contributed by atoms with Gasteiger partial charge in [0.15, 0.2) is 0 Å². The zero-order valence-corrected chi connectivity index (χ0v) is 12.9. The Bertz CT molecular complexity index is 398. The SMILES string of the molecule is CCNC1(CO)CCC(SCc2ccc(Cl)cc2)C1. The van der Waals surface area contributed by atoms with Gasteiger partial charge >= 0.3 is 0 Å². The molecule has 0 bridgehead atoms. The summed E-state index contributed by atoms with van der Waals surface area (Å²) in [6, 6.07) is 8.08. The molecule has 1 saturated carbocycles. The Hall–Kier alpha value is -0.220. The monoisotopic (exact) mass is 299 g/mol. The third kappa shape index (κ3) is 4.12. The van der Waals surface area contributed by atoms with Gasteiger partial charge in [0.2, 0.25) is 0 Å². The fourth-order valence-electron chi connectivity index (χ4n) is 2.75. The minimum Gasteiger partial charge on any atom is -0.394 e. The van der Waals surface area contributed by atoms with Gasteiger partial charge in [-0.05, 0) is 43.5 Å². The van der Waals surface area contributed by atoms with Gasteiger partial charge in [0.1, 0.15) is 0 Å². The number of halogens is 1. The topological polar surface area (TPSA) is 32.3 Å². The molecule has 2 unspecified atom stereocenters. The lowest BCUT2D eigenvalue weighted by Gasteiger charge is -2.28. The highest BCUT2D eigenvalue weighted by Crippen LogP contribution is 2.38. The normalized spacial score (nSPS) is 26.8. The number of likely N-dealkylation sites (N-methyl/N-ethyl adjacent to an activating group) is 1. The van der Waals surface area contributed by atoms with E-state index in [4.69, 9.17) is 11.6 Å². The third-order valence-corrected chi connectivity index (χ3v) is 5.44. The first-order chi connectivity index (χ1) is 9.17. The highest BCUT2D eigenvalue weighted by Gasteiger charge is 2.37. The van der Waals surface area contributed by atoms with E-state index in [1.165, 1.54) is 12.0 Å². The largest absolute Gasteiger partial charge is 0.394 e. The Labute approximate surface area is 124 Å². The predicted molar refractivity (Wildman–Crippen MR) is 83.9 cm³/mol. The van der Waals surface area contributed by atoms with Gasteiger partial charge in [-0.15, -0.1) is 0 Å². The van der Waals surface area contributed by atoms with Crippen molar-refractivity contribution in [2.45, 2.75) is 42.7 Å². The molecule has 2 N–H and O–H groups in total. The summed E-state index contributed by atoms with van der Waals surface area (Å²) in [7, 11) is 0. The summed E-state index contributed by atoms with van der Waals surface area (Å²) >= 11 is 7.88. The Balaban J connectivity index is 1.83. The summed E-state index contributed by atoms with van der Waals surface area (Å²) in [5.41, 5.74) is 1.28. The minimum atomic E-state index is -0.0353. The van der Waals surface area contributed by atoms with Crippen LogP contribution in [0.3, 0.4) is 0 Å². The summed E-state index contributed by atoms with van der Waals surface area (Å²) in [6.07, 6.45) is 3.33. The molecule has 1 aliphatic rings. The van der Waals surface area contributed by atoms with Crippen molar-refractivity contribution in [2.24, 2.45) is 0 Å². The second-order valence-corrected chi connectivity index (χ2v) is 7.00. The molecule has 1 aromatic carbocycles. The maximum Gasteiger partial charge on any atom is 0.0613 e. The van der Waals surface area contributed by atoms with Crippen molar-refractivity contribution >= 4 is 23.4 Å². The summed E-state index contributed by atoms with van der Waals surface area (Å²) in [5, 5.41) is 14.5. The molecule has 1 aromatic rings. The molecule has 106 valence electrons. The van der Waals surface area contributed by atoms with Gasteiger partial charge < -0.3 is 10.4 Å². The molecular formula is C15H22ClNOS. The maximum atomic E-state index is 9.59. The van der Waals surface area contributed by atoms with Crippen molar-refractivity contribution in [1.82, 2.24) is 5.32 Å². The van der Waals surface area contributed by atoms with Gasteiger partial charge in [-0.1, -0.05) is 30.7 Å². The number of hydrogen-bond donors (Lipinski definition) is 2. The van der Waals surface area contributed by atoms with Crippen LogP contribution in [0, 0.1) is 0 Å². The molecule has 2 atom stereocenters. The van der Waals surface area contributed by atoms with Crippen molar-refractivity contribution in [2.75, 3.05) is 13.2 Å². The van der Waals surface area contributed by atoms with Crippen LogP contribution >= 0.6 is 23.4 Å². The first-order valence-corrected chi connectivity index (χ1v) is 8.32. The molecular weight excluding hydrogens is 278 g/mol. The lowest BCUT2D eigenvalue weighted by Crippen LogP contribution is -2.46. The number of hydrogen-bond acceptors (Lipinski definition) is 3. The molecule has 2 nitrogen and oxygen atoms in total. The van der Waals surface area contributed by atoms with Crippen LogP contribution in [0.15, 0.2) is 24.3 Å². The molecule has 2 rings (SSSR count). The smallest absolute Gasteiger partial charge is 0.0613 e. The molecule has 1 fully saturated rings. The van der Waals surface area contributed by atoms with Crippen molar-refractivity contribution < 1.29 is 5.11 Å². The van der Waals surface area contributed by atoms with Crippen molar-refractivity contribution in [3.8, 4) is 0 Å². The number of aliphatic hydroxyl groups excluding tert-OH is 1. The first-order valence-electron chi connectivity index (χ1n) is 6.89. The maximum absolute atomic E-state index is 9.59. The van der Waals surface area contributed by atoms with Gasteiger partial charge in [-0.3, -0.25) is 0 Å². The number of thioether (sulfide) groups is 1. The summed E-state index contributed by atoms with van der Waals surface area (Å²) in [6.45, 7) is 3.28. The molecule has 0 spiro atoms. The van der Waals surface area contributed by atoms with Crippen LogP contribution in [0.25, 0.3) is 0 Å². The average molecular weight is 300 g/mol. The van der Waals surface area contributed by atoms with Gasteiger partial charge in [-0.25, -0.2) is 0 Å². The zero-order chi connectivity index (χ0) is 13.7. The minimum absolute atomic E-state index is 0.0353. The fourth-order valence-corrected chi connectivity index (χ4v) is 4.22. The van der Waals surface area contributed by atoms with Crippen LogP contribution in [0.2, 0.25) is 5.02 Å². The van der Waals surface area contributed by atoms with Gasteiger partial charge in [0, 0.05) is 21.6 Å². The Kier molecular flexibility index (Phi) is 5.58. The number of nitrogens with one attached hydrogen (secondary N) is 1. The van der Waals surface area contributed by atoms with Crippen molar-refractivity contribution in [3.63, 3.8) is 0 Å². The van der Waals surface area contributed by atoms with Gasteiger partial charge in [-0.2, -0.15) is 11.8 Å². The van der Waals surface area contributed by atoms with Gasteiger partial charge in [0.25, 0.3) is 0 Å². The Morgan fingerprint density at radius 3 is 2.79 bits per heavy atom. The van der Waals surface area contributed by atoms with Crippen LogP contribution in [-0.2, 0) is 5.75 Å². The van der Waals surface area contributed by atoms with E-state index in [0.29, 0.717) is 5.25 Å². The highest BCUT2D eigenvalue weighted by molar-refractivity contribution is 7.99. The molecule has 0 aliphatic heterocycles. The van der Waals surface area contributed by atoms with E-state index in [1.807, 2.05) is 23.9 Å². The summed E-state index contributed by atoms with van der Waals surface area (Å²) in [5.74, 6) is 1.02. The second-order valence-electron chi connectivity index (χ2n) is 5.27. The molecule has 0 amide bonds. The molecule has 0 saturated heterocycles. The number of rotatable bonds is 6. The Morgan fingerprint density at radius 2 is 2.16 bits per heavy atom. The second kappa shape index (κ2) is 6.98. The molecule has 0 heterocycles. The first kappa shape index (κ1) is 15.2. The van der Waals surface area contributed by atoms with E-state index in [2.05, 4.69) is 24.4 Å². The number of aliphatic hydroxyl groups is 1. The van der Waals surface area contributed by atoms with Crippen LogP contribution in [0.5, 0.6) is 0 Å². The van der Waals surface area contributed by atoms with E-state index < -0.39 is 0 Å². The summed E-state index contributed by atoms with van der Waals surface area (Å²) < 4.78 is 0. The van der Waals surface area contributed by atoms with E-state index in [9.17, 15) is 5.11 Å². The lowest BCUT2D eigenvalue weighted by atomic mass is 9.99. The third-order valence-electron chi connectivity index (χ3n) is 3.82. The van der Waals surface area contributed by atoms with Crippen LogP contribution < -0.4 is 5.32 Å². The summed E-state index contributed by atoms with van der Waals surface area (Å²) in [4.78, 5) is 0. The van der Waals surface area contributed by atoms with Crippen LogP contribution in [-0.4, -0.2) is 29.0 Å². The van der Waals surface area contributed by atoms with E-state index in [0.717, 1.165) is 30.2 Å². The van der Waals surface area contributed by atoms with E-state index >= 15 is 0 Å². The van der Waals surface area contributed by atoms with Crippen molar-refractivity contribution in [3.05, 3.63) is 34.9 Å². The van der Waals surface area contributed by atoms with Crippen LogP contribution in [0.1, 0.15) is 31.7 Å².